The molecule has 1 rings (SSSR count). The number of nitro benzene ring substituents is 1. The van der Waals surface area contributed by atoms with E-state index in [2.05, 4.69) is 12.2 Å². The van der Waals surface area contributed by atoms with Gasteiger partial charge in [-0.15, -0.1) is 0 Å². The molecular formula is C13H20N2O3. The molecule has 0 saturated heterocycles. The molecule has 100 valence electrons. The standard InChI is InChI=1S/C13H20N2O3/c1-4-5-10(2)18-9-11-6-7-13(15(16)17)12(8-11)14-3/h6-8,10,14H,4-5,9H2,1-3H3. The van der Waals surface area contributed by atoms with E-state index < -0.39 is 4.92 Å². The van der Waals surface area contributed by atoms with Gasteiger partial charge in [0, 0.05) is 13.1 Å². The second-order valence-electron chi connectivity index (χ2n) is 4.27. The molecule has 0 heterocycles. The molecule has 1 N–H and O–H groups in total. The Balaban J connectivity index is 2.71. The Labute approximate surface area is 107 Å². The minimum absolute atomic E-state index is 0.0860. The number of nitrogens with one attached hydrogen (secondary N) is 1. The molecule has 1 atom stereocenters. The molecule has 18 heavy (non-hydrogen) atoms. The molecule has 0 radical (unpaired) electrons. The molecule has 0 aromatic heterocycles. The summed E-state index contributed by atoms with van der Waals surface area (Å²) in [5.41, 5.74) is 1.54. The first kappa shape index (κ1) is 14.4. The number of anilines is 1. The molecule has 0 amide bonds. The lowest BCUT2D eigenvalue weighted by Crippen LogP contribution is -2.07. The zero-order valence-electron chi connectivity index (χ0n) is 11.1. The summed E-state index contributed by atoms with van der Waals surface area (Å²) in [4.78, 5) is 10.4. The summed E-state index contributed by atoms with van der Waals surface area (Å²) in [6.45, 7) is 4.63. The van der Waals surface area contributed by atoms with Crippen LogP contribution >= 0.6 is 0 Å². The van der Waals surface area contributed by atoms with Gasteiger partial charge in [-0.25, -0.2) is 0 Å². The van der Waals surface area contributed by atoms with Crippen molar-refractivity contribution < 1.29 is 9.66 Å². The highest BCUT2D eigenvalue weighted by Crippen LogP contribution is 2.25. The van der Waals surface area contributed by atoms with Crippen molar-refractivity contribution in [2.24, 2.45) is 0 Å². The SMILES string of the molecule is CCCC(C)OCc1ccc([N+](=O)[O-])c(NC)c1. The number of hydrogen-bond donors (Lipinski definition) is 1. The first-order chi connectivity index (χ1) is 8.58. The molecule has 1 aromatic carbocycles. The maximum absolute atomic E-state index is 10.8. The smallest absolute Gasteiger partial charge is 0.292 e. The van der Waals surface area contributed by atoms with Gasteiger partial charge in [0.25, 0.3) is 5.69 Å². The van der Waals surface area contributed by atoms with E-state index in [0.717, 1.165) is 18.4 Å². The summed E-state index contributed by atoms with van der Waals surface area (Å²) in [5.74, 6) is 0. The van der Waals surface area contributed by atoms with E-state index in [9.17, 15) is 10.1 Å². The molecule has 1 unspecified atom stereocenters. The maximum Gasteiger partial charge on any atom is 0.292 e. The van der Waals surface area contributed by atoms with E-state index in [0.29, 0.717) is 12.3 Å². The summed E-state index contributed by atoms with van der Waals surface area (Å²) in [5, 5.41) is 13.6. The third-order valence-electron chi connectivity index (χ3n) is 2.76. The highest BCUT2D eigenvalue weighted by molar-refractivity contribution is 5.62. The lowest BCUT2D eigenvalue weighted by molar-refractivity contribution is -0.384. The summed E-state index contributed by atoms with van der Waals surface area (Å²) in [7, 11) is 1.67. The quantitative estimate of drug-likeness (QED) is 0.597. The fourth-order valence-electron chi connectivity index (χ4n) is 1.76. The molecule has 0 aliphatic heterocycles. The van der Waals surface area contributed by atoms with Crippen LogP contribution in [0.1, 0.15) is 32.3 Å². The molecule has 5 nitrogen and oxygen atoms in total. The van der Waals surface area contributed by atoms with Crippen LogP contribution in [0.15, 0.2) is 18.2 Å². The number of rotatable bonds is 7. The summed E-state index contributed by atoms with van der Waals surface area (Å²) < 4.78 is 5.67. The Kier molecular flexibility index (Phi) is 5.58. The first-order valence-corrected chi connectivity index (χ1v) is 6.15. The van der Waals surface area contributed by atoms with Crippen LogP contribution in [0.2, 0.25) is 0 Å². The van der Waals surface area contributed by atoms with Gasteiger partial charge in [-0.1, -0.05) is 13.3 Å². The first-order valence-electron chi connectivity index (χ1n) is 6.15. The molecule has 1 aromatic rings. The Morgan fingerprint density at radius 3 is 2.78 bits per heavy atom. The van der Waals surface area contributed by atoms with Gasteiger partial charge >= 0.3 is 0 Å². The van der Waals surface area contributed by atoms with Gasteiger partial charge in [-0.3, -0.25) is 10.1 Å². The Morgan fingerprint density at radius 2 is 2.22 bits per heavy atom. The van der Waals surface area contributed by atoms with E-state index in [1.807, 2.05) is 6.92 Å². The van der Waals surface area contributed by atoms with Crippen LogP contribution < -0.4 is 5.32 Å². The van der Waals surface area contributed by atoms with Gasteiger partial charge < -0.3 is 10.1 Å². The fraction of sp³-hybridized carbons (Fsp3) is 0.538. The van der Waals surface area contributed by atoms with Crippen molar-refractivity contribution in [3.05, 3.63) is 33.9 Å². The highest BCUT2D eigenvalue weighted by Gasteiger charge is 2.13. The van der Waals surface area contributed by atoms with Gasteiger partial charge in [-0.2, -0.15) is 0 Å². The maximum atomic E-state index is 10.8. The van der Waals surface area contributed by atoms with Crippen LogP contribution in [0, 0.1) is 10.1 Å². The van der Waals surface area contributed by atoms with Gasteiger partial charge in [0.1, 0.15) is 5.69 Å². The number of benzene rings is 1. The lowest BCUT2D eigenvalue weighted by Gasteiger charge is -2.12. The minimum Gasteiger partial charge on any atom is -0.383 e. The van der Waals surface area contributed by atoms with Crippen molar-refractivity contribution >= 4 is 11.4 Å². The van der Waals surface area contributed by atoms with Crippen LogP contribution in [0.5, 0.6) is 0 Å². The second-order valence-corrected chi connectivity index (χ2v) is 4.27. The molecule has 0 bridgehead atoms. The second kappa shape index (κ2) is 6.96. The summed E-state index contributed by atoms with van der Waals surface area (Å²) in [6.07, 6.45) is 2.32. The van der Waals surface area contributed by atoms with Crippen LogP contribution in [-0.2, 0) is 11.3 Å². The highest BCUT2D eigenvalue weighted by atomic mass is 16.6. The van der Waals surface area contributed by atoms with Crippen molar-refractivity contribution in [2.75, 3.05) is 12.4 Å². The minimum atomic E-state index is -0.393. The lowest BCUT2D eigenvalue weighted by atomic mass is 10.1. The van der Waals surface area contributed by atoms with Gasteiger partial charge in [0.05, 0.1) is 17.6 Å². The largest absolute Gasteiger partial charge is 0.383 e. The molecule has 5 heteroatoms. The third kappa shape index (κ3) is 4.00. The van der Waals surface area contributed by atoms with E-state index >= 15 is 0 Å². The number of nitrogens with zero attached hydrogens (tertiary/aromatic N) is 1. The molecule has 0 saturated carbocycles. The average molecular weight is 252 g/mol. The predicted octanol–water partition coefficient (Wildman–Crippen LogP) is 3.34. The van der Waals surface area contributed by atoms with Gasteiger partial charge in [-0.05, 0) is 31.0 Å². The monoisotopic (exact) mass is 252 g/mol. The topological polar surface area (TPSA) is 64.4 Å². The summed E-state index contributed by atoms with van der Waals surface area (Å²) in [6, 6.07) is 5.00. The molecule has 0 spiro atoms. The van der Waals surface area contributed by atoms with E-state index in [1.165, 1.54) is 6.07 Å². The Hall–Kier alpha value is -1.62. The van der Waals surface area contributed by atoms with Crippen molar-refractivity contribution in [2.45, 2.75) is 39.4 Å². The predicted molar refractivity (Wildman–Crippen MR) is 71.8 cm³/mol. The third-order valence-corrected chi connectivity index (χ3v) is 2.76. The zero-order chi connectivity index (χ0) is 13.5. The molecular weight excluding hydrogens is 232 g/mol. The number of nitro groups is 1. The van der Waals surface area contributed by atoms with E-state index in [4.69, 9.17) is 4.74 Å². The van der Waals surface area contributed by atoms with E-state index in [1.54, 1.807) is 19.2 Å². The Morgan fingerprint density at radius 1 is 1.50 bits per heavy atom. The van der Waals surface area contributed by atoms with Crippen molar-refractivity contribution in [1.82, 2.24) is 0 Å². The van der Waals surface area contributed by atoms with Gasteiger partial charge in [0.15, 0.2) is 0 Å². The molecule has 0 fully saturated rings. The normalized spacial score (nSPS) is 12.2. The van der Waals surface area contributed by atoms with Gasteiger partial charge in [0.2, 0.25) is 0 Å². The summed E-state index contributed by atoms with van der Waals surface area (Å²) >= 11 is 0. The van der Waals surface area contributed by atoms with Crippen LogP contribution in [-0.4, -0.2) is 18.1 Å². The van der Waals surface area contributed by atoms with Crippen LogP contribution in [0.25, 0.3) is 0 Å². The zero-order valence-corrected chi connectivity index (χ0v) is 11.1. The Bertz CT molecular complexity index is 407. The number of ether oxygens (including phenoxy) is 1. The van der Waals surface area contributed by atoms with Crippen molar-refractivity contribution in [3.63, 3.8) is 0 Å². The average Bonchev–Trinajstić information content (AvgIpc) is 2.36. The number of hydrogen-bond acceptors (Lipinski definition) is 4. The molecule has 0 aliphatic rings. The molecule has 0 aliphatic carbocycles. The van der Waals surface area contributed by atoms with Crippen molar-refractivity contribution in [1.29, 1.82) is 0 Å². The fourth-order valence-corrected chi connectivity index (χ4v) is 1.76. The van der Waals surface area contributed by atoms with Crippen LogP contribution in [0.3, 0.4) is 0 Å². The van der Waals surface area contributed by atoms with E-state index in [-0.39, 0.29) is 11.8 Å². The van der Waals surface area contributed by atoms with Crippen molar-refractivity contribution in [3.8, 4) is 0 Å². The van der Waals surface area contributed by atoms with Crippen LogP contribution in [0.4, 0.5) is 11.4 Å².